The Balaban J connectivity index is 2.00. The Bertz CT molecular complexity index is 427. The molecule has 1 aromatic carbocycles. The molecule has 0 aliphatic heterocycles. The van der Waals surface area contributed by atoms with Crippen LogP contribution in [-0.4, -0.2) is 28.4 Å². The molecule has 1 atom stereocenters. The fourth-order valence-electron chi connectivity index (χ4n) is 2.59. The molecule has 0 saturated heterocycles. The molecule has 1 aliphatic carbocycles. The number of hydrogen-bond acceptors (Lipinski definition) is 3. The van der Waals surface area contributed by atoms with Gasteiger partial charge in [-0.3, -0.25) is 4.79 Å². The summed E-state index contributed by atoms with van der Waals surface area (Å²) in [5.74, 6) is 0.129. The number of carbonyl (C=O) groups excluding carboxylic acids is 1. The minimum absolute atomic E-state index is 0.129. The van der Waals surface area contributed by atoms with Gasteiger partial charge in [0.05, 0.1) is 10.9 Å². The lowest BCUT2D eigenvalue weighted by Gasteiger charge is -2.27. The Morgan fingerprint density at radius 3 is 2.60 bits per heavy atom. The Morgan fingerprint density at radius 2 is 2.00 bits per heavy atom. The normalized spacial score (nSPS) is 18.7. The molecule has 0 heterocycles. The van der Waals surface area contributed by atoms with E-state index in [2.05, 4.69) is 17.4 Å². The van der Waals surface area contributed by atoms with Crippen LogP contribution in [-0.2, 0) is 4.79 Å². The molecule has 1 aliphatic rings. The third kappa shape index (κ3) is 4.00. The highest BCUT2D eigenvalue weighted by Crippen LogP contribution is 2.45. The third-order valence-electron chi connectivity index (χ3n) is 3.73. The first-order chi connectivity index (χ1) is 9.62. The lowest BCUT2D eigenvalue weighted by molar-refractivity contribution is -0.123. The largest absolute Gasteiger partial charge is 0.393 e. The summed E-state index contributed by atoms with van der Waals surface area (Å²) in [6, 6.07) is 10.1. The second-order valence-electron chi connectivity index (χ2n) is 5.51. The molecular weight excluding hydrogens is 270 g/mol. The Hall–Kier alpha value is -1.00. The number of thioether (sulfide) groups is 1. The molecule has 4 heteroatoms. The molecule has 1 amide bonds. The number of amides is 1. The van der Waals surface area contributed by atoms with Crippen LogP contribution in [0.25, 0.3) is 0 Å². The summed E-state index contributed by atoms with van der Waals surface area (Å²) >= 11 is 1.69. The highest BCUT2D eigenvalue weighted by Gasteiger charge is 2.41. The van der Waals surface area contributed by atoms with Crippen LogP contribution in [0.2, 0.25) is 0 Å². The number of hydrogen-bond donors (Lipinski definition) is 2. The van der Waals surface area contributed by atoms with Crippen LogP contribution in [0.15, 0.2) is 35.2 Å². The average Bonchev–Trinajstić information content (AvgIpc) is 2.89. The summed E-state index contributed by atoms with van der Waals surface area (Å²) in [7, 11) is 0. The van der Waals surface area contributed by atoms with Crippen LogP contribution >= 0.6 is 11.8 Å². The molecule has 3 nitrogen and oxygen atoms in total. The number of nitrogens with one attached hydrogen (secondary N) is 1. The molecule has 2 rings (SSSR count). The van der Waals surface area contributed by atoms with E-state index in [4.69, 9.17) is 0 Å². The predicted octanol–water partition coefficient (Wildman–Crippen LogP) is 2.98. The molecule has 0 bridgehead atoms. The standard InChI is InChI=1S/C16H23NO2S/c1-13(18)9-12-17-15(19)16(10-5-6-11-16)20-14-7-3-2-4-8-14/h2-4,7-8,13,18H,5-6,9-12H2,1H3,(H,17,19). The molecule has 1 unspecified atom stereocenters. The van der Waals surface area contributed by atoms with E-state index in [-0.39, 0.29) is 16.8 Å². The molecule has 2 N–H and O–H groups in total. The number of benzene rings is 1. The summed E-state index contributed by atoms with van der Waals surface area (Å²) < 4.78 is -0.319. The van der Waals surface area contributed by atoms with Crippen molar-refractivity contribution in [2.24, 2.45) is 0 Å². The molecule has 110 valence electrons. The van der Waals surface area contributed by atoms with Crippen molar-refractivity contribution in [2.75, 3.05) is 6.54 Å². The van der Waals surface area contributed by atoms with Gasteiger partial charge in [0.1, 0.15) is 0 Å². The zero-order valence-corrected chi connectivity index (χ0v) is 12.8. The van der Waals surface area contributed by atoms with Crippen molar-refractivity contribution in [2.45, 2.75) is 54.8 Å². The van der Waals surface area contributed by atoms with Gasteiger partial charge in [-0.2, -0.15) is 0 Å². The van der Waals surface area contributed by atoms with Crippen LogP contribution in [0.5, 0.6) is 0 Å². The number of carbonyl (C=O) groups is 1. The van der Waals surface area contributed by atoms with Crippen LogP contribution in [0.4, 0.5) is 0 Å². The van der Waals surface area contributed by atoms with E-state index in [1.54, 1.807) is 18.7 Å². The molecule has 0 spiro atoms. The van der Waals surface area contributed by atoms with Gasteiger partial charge in [-0.1, -0.05) is 31.0 Å². The highest BCUT2D eigenvalue weighted by atomic mass is 32.2. The molecule has 1 aromatic rings. The van der Waals surface area contributed by atoms with E-state index >= 15 is 0 Å². The average molecular weight is 293 g/mol. The van der Waals surface area contributed by atoms with Crippen molar-refractivity contribution in [1.82, 2.24) is 5.32 Å². The van der Waals surface area contributed by atoms with Crippen molar-refractivity contribution in [3.8, 4) is 0 Å². The first-order valence-corrected chi connectivity index (χ1v) is 8.14. The first kappa shape index (κ1) is 15.4. The maximum absolute atomic E-state index is 12.5. The van der Waals surface area contributed by atoms with Crippen LogP contribution in [0, 0.1) is 0 Å². The van der Waals surface area contributed by atoms with E-state index < -0.39 is 0 Å². The molecule has 1 saturated carbocycles. The van der Waals surface area contributed by atoms with E-state index in [1.165, 1.54) is 0 Å². The number of aliphatic hydroxyl groups is 1. The third-order valence-corrected chi connectivity index (χ3v) is 5.22. The maximum atomic E-state index is 12.5. The summed E-state index contributed by atoms with van der Waals surface area (Å²) in [5.41, 5.74) is 0. The Kier molecular flexibility index (Phi) is 5.49. The van der Waals surface area contributed by atoms with Gasteiger partial charge in [-0.05, 0) is 38.3 Å². The Morgan fingerprint density at radius 1 is 1.35 bits per heavy atom. The van der Waals surface area contributed by atoms with Crippen LogP contribution in [0.3, 0.4) is 0 Å². The van der Waals surface area contributed by atoms with Crippen molar-refractivity contribution < 1.29 is 9.90 Å². The van der Waals surface area contributed by atoms with Crippen molar-refractivity contribution in [3.63, 3.8) is 0 Å². The van der Waals surface area contributed by atoms with Crippen molar-refractivity contribution >= 4 is 17.7 Å². The van der Waals surface area contributed by atoms with Gasteiger partial charge in [-0.15, -0.1) is 11.8 Å². The number of aliphatic hydroxyl groups excluding tert-OH is 1. The smallest absolute Gasteiger partial charge is 0.236 e. The van der Waals surface area contributed by atoms with Gasteiger partial charge in [0.25, 0.3) is 0 Å². The van der Waals surface area contributed by atoms with Gasteiger partial charge < -0.3 is 10.4 Å². The van der Waals surface area contributed by atoms with Gasteiger partial charge in [0.15, 0.2) is 0 Å². The predicted molar refractivity (Wildman–Crippen MR) is 82.8 cm³/mol. The molecule has 0 aromatic heterocycles. The molecule has 20 heavy (non-hydrogen) atoms. The maximum Gasteiger partial charge on any atom is 0.236 e. The van der Waals surface area contributed by atoms with Crippen molar-refractivity contribution in [1.29, 1.82) is 0 Å². The first-order valence-electron chi connectivity index (χ1n) is 7.33. The monoisotopic (exact) mass is 293 g/mol. The SMILES string of the molecule is CC(O)CCNC(=O)C1(Sc2ccccc2)CCCC1. The fraction of sp³-hybridized carbons (Fsp3) is 0.562. The van der Waals surface area contributed by atoms with Gasteiger partial charge in [-0.25, -0.2) is 0 Å². The van der Waals surface area contributed by atoms with Crippen LogP contribution in [0.1, 0.15) is 39.0 Å². The minimum Gasteiger partial charge on any atom is -0.393 e. The second kappa shape index (κ2) is 7.14. The zero-order valence-electron chi connectivity index (χ0n) is 12.0. The lowest BCUT2D eigenvalue weighted by atomic mass is 10.1. The van der Waals surface area contributed by atoms with Gasteiger partial charge in [0, 0.05) is 11.4 Å². The summed E-state index contributed by atoms with van der Waals surface area (Å²) in [6.07, 6.45) is 4.35. The van der Waals surface area contributed by atoms with Crippen molar-refractivity contribution in [3.05, 3.63) is 30.3 Å². The van der Waals surface area contributed by atoms with Gasteiger partial charge in [0.2, 0.25) is 5.91 Å². The van der Waals surface area contributed by atoms with E-state index in [0.29, 0.717) is 13.0 Å². The lowest BCUT2D eigenvalue weighted by Crippen LogP contribution is -2.43. The quantitative estimate of drug-likeness (QED) is 0.848. The molecule has 1 fully saturated rings. The van der Waals surface area contributed by atoms with E-state index in [1.807, 2.05) is 18.2 Å². The molecular formula is C16H23NO2S. The highest BCUT2D eigenvalue weighted by molar-refractivity contribution is 8.01. The summed E-state index contributed by atoms with van der Waals surface area (Å²) in [6.45, 7) is 2.30. The van der Waals surface area contributed by atoms with Gasteiger partial charge >= 0.3 is 0 Å². The fourth-order valence-corrected chi connectivity index (χ4v) is 3.99. The summed E-state index contributed by atoms with van der Waals surface area (Å²) in [5, 5.41) is 12.3. The minimum atomic E-state index is -0.364. The van der Waals surface area contributed by atoms with E-state index in [9.17, 15) is 9.90 Å². The summed E-state index contributed by atoms with van der Waals surface area (Å²) in [4.78, 5) is 13.7. The topological polar surface area (TPSA) is 49.3 Å². The number of rotatable bonds is 6. The van der Waals surface area contributed by atoms with Crippen LogP contribution < -0.4 is 5.32 Å². The molecule has 0 radical (unpaired) electrons. The Labute approximate surface area is 125 Å². The second-order valence-corrected chi connectivity index (χ2v) is 6.97. The van der Waals surface area contributed by atoms with E-state index in [0.717, 1.165) is 30.6 Å². The zero-order chi connectivity index (χ0) is 14.4.